The highest BCUT2D eigenvalue weighted by molar-refractivity contribution is 5.92. The molecule has 0 heterocycles. The minimum Gasteiger partial charge on any atom is -0.427 e. The fourth-order valence-corrected chi connectivity index (χ4v) is 1.79. The normalized spacial score (nSPS) is 9.85. The molecule has 1 N–H and O–H groups in total. The van der Waals surface area contributed by atoms with Crippen molar-refractivity contribution in [3.63, 3.8) is 0 Å². The predicted octanol–water partition coefficient (Wildman–Crippen LogP) is 2.79. The molecule has 2 aromatic rings. The molecule has 4 heteroatoms. The molecule has 0 bridgehead atoms. The number of hydrogen-bond acceptors (Lipinski definition) is 3. The van der Waals surface area contributed by atoms with Crippen LogP contribution in [-0.4, -0.2) is 11.9 Å². The van der Waals surface area contributed by atoms with Gasteiger partial charge in [0.05, 0.1) is 6.42 Å². The summed E-state index contributed by atoms with van der Waals surface area (Å²) < 4.78 is 4.96. The van der Waals surface area contributed by atoms with Gasteiger partial charge in [-0.25, -0.2) is 0 Å². The number of hydrogen-bond donors (Lipinski definition) is 1. The first-order valence-corrected chi connectivity index (χ1v) is 6.26. The Hall–Kier alpha value is -2.62. The summed E-state index contributed by atoms with van der Waals surface area (Å²) >= 11 is 0. The maximum absolute atomic E-state index is 11.9. The van der Waals surface area contributed by atoms with Crippen LogP contribution in [0, 0.1) is 0 Å². The molecule has 0 aliphatic rings. The van der Waals surface area contributed by atoms with Crippen molar-refractivity contribution in [2.45, 2.75) is 13.3 Å². The number of rotatable bonds is 4. The topological polar surface area (TPSA) is 55.4 Å². The Balaban J connectivity index is 1.99. The van der Waals surface area contributed by atoms with Gasteiger partial charge in [-0.2, -0.15) is 0 Å². The number of nitrogens with one attached hydrogen (secondary N) is 1. The van der Waals surface area contributed by atoms with E-state index in [9.17, 15) is 9.59 Å². The number of amides is 1. The Kier molecular flexibility index (Phi) is 4.50. The van der Waals surface area contributed by atoms with Crippen LogP contribution in [0.4, 0.5) is 5.69 Å². The highest BCUT2D eigenvalue weighted by atomic mass is 16.5. The van der Waals surface area contributed by atoms with E-state index in [1.165, 1.54) is 6.92 Å². The standard InChI is InChI=1S/C16H15NO3/c1-12(18)20-15-9-5-8-14(11-15)17-16(19)10-13-6-3-2-4-7-13/h2-9,11H,10H2,1H3,(H,17,19). The number of ether oxygens (including phenoxy) is 1. The maximum atomic E-state index is 11.9. The lowest BCUT2D eigenvalue weighted by molar-refractivity contribution is -0.131. The molecule has 0 atom stereocenters. The first-order chi connectivity index (χ1) is 9.63. The van der Waals surface area contributed by atoms with Crippen LogP contribution in [0.1, 0.15) is 12.5 Å². The molecule has 0 saturated carbocycles. The summed E-state index contributed by atoms with van der Waals surface area (Å²) in [5.41, 5.74) is 1.55. The molecule has 0 saturated heterocycles. The van der Waals surface area contributed by atoms with E-state index in [2.05, 4.69) is 5.32 Å². The van der Waals surface area contributed by atoms with Gasteiger partial charge in [0, 0.05) is 18.7 Å². The van der Waals surface area contributed by atoms with Gasteiger partial charge in [-0.3, -0.25) is 9.59 Å². The molecule has 0 aliphatic carbocycles. The Bertz CT molecular complexity index is 608. The van der Waals surface area contributed by atoms with Gasteiger partial charge in [-0.1, -0.05) is 36.4 Å². The van der Waals surface area contributed by atoms with E-state index in [0.29, 0.717) is 17.9 Å². The van der Waals surface area contributed by atoms with Crippen LogP contribution in [0.15, 0.2) is 54.6 Å². The van der Waals surface area contributed by atoms with Gasteiger partial charge in [0.25, 0.3) is 0 Å². The zero-order valence-electron chi connectivity index (χ0n) is 11.1. The molecule has 102 valence electrons. The molecule has 4 nitrogen and oxygen atoms in total. The lowest BCUT2D eigenvalue weighted by Gasteiger charge is -2.07. The lowest BCUT2D eigenvalue weighted by Crippen LogP contribution is -2.14. The van der Waals surface area contributed by atoms with Crippen molar-refractivity contribution in [1.82, 2.24) is 0 Å². The van der Waals surface area contributed by atoms with Gasteiger partial charge < -0.3 is 10.1 Å². The molecule has 20 heavy (non-hydrogen) atoms. The van der Waals surface area contributed by atoms with Crippen LogP contribution in [-0.2, 0) is 16.0 Å². The molecular formula is C16H15NO3. The number of carbonyl (C=O) groups excluding carboxylic acids is 2. The molecule has 0 fully saturated rings. The average molecular weight is 269 g/mol. The predicted molar refractivity (Wildman–Crippen MR) is 76.5 cm³/mol. The number of benzene rings is 2. The zero-order chi connectivity index (χ0) is 14.4. The minimum atomic E-state index is -0.391. The fourth-order valence-electron chi connectivity index (χ4n) is 1.79. The van der Waals surface area contributed by atoms with Crippen LogP contribution in [0.5, 0.6) is 5.75 Å². The molecule has 2 aromatic carbocycles. The Morgan fingerprint density at radius 1 is 1.05 bits per heavy atom. The van der Waals surface area contributed by atoms with Crippen molar-refractivity contribution >= 4 is 17.6 Å². The first kappa shape index (κ1) is 13.8. The van der Waals surface area contributed by atoms with Crippen molar-refractivity contribution in [2.24, 2.45) is 0 Å². The highest BCUT2D eigenvalue weighted by Gasteiger charge is 2.05. The van der Waals surface area contributed by atoms with Gasteiger partial charge in [-0.05, 0) is 17.7 Å². The van der Waals surface area contributed by atoms with E-state index in [1.54, 1.807) is 24.3 Å². The number of anilines is 1. The van der Waals surface area contributed by atoms with Gasteiger partial charge >= 0.3 is 5.97 Å². The molecule has 0 unspecified atom stereocenters. The highest BCUT2D eigenvalue weighted by Crippen LogP contribution is 2.17. The fraction of sp³-hybridized carbons (Fsp3) is 0.125. The van der Waals surface area contributed by atoms with E-state index < -0.39 is 5.97 Å². The van der Waals surface area contributed by atoms with Crippen molar-refractivity contribution in [3.05, 3.63) is 60.2 Å². The second-order valence-corrected chi connectivity index (χ2v) is 4.33. The number of carbonyl (C=O) groups is 2. The summed E-state index contributed by atoms with van der Waals surface area (Å²) in [5, 5.41) is 2.77. The van der Waals surface area contributed by atoms with Crippen LogP contribution in [0.3, 0.4) is 0 Å². The Morgan fingerprint density at radius 3 is 2.50 bits per heavy atom. The average Bonchev–Trinajstić information content (AvgIpc) is 2.39. The first-order valence-electron chi connectivity index (χ1n) is 6.26. The monoisotopic (exact) mass is 269 g/mol. The number of esters is 1. The van der Waals surface area contributed by atoms with Gasteiger partial charge in [0.1, 0.15) is 5.75 Å². The second-order valence-electron chi connectivity index (χ2n) is 4.33. The summed E-state index contributed by atoms with van der Waals surface area (Å²) in [6.45, 7) is 1.33. The van der Waals surface area contributed by atoms with Crippen LogP contribution >= 0.6 is 0 Å². The second kappa shape index (κ2) is 6.52. The van der Waals surface area contributed by atoms with E-state index in [4.69, 9.17) is 4.74 Å². The third-order valence-electron chi connectivity index (χ3n) is 2.59. The summed E-state index contributed by atoms with van der Waals surface area (Å²) in [7, 11) is 0. The minimum absolute atomic E-state index is 0.115. The van der Waals surface area contributed by atoms with E-state index >= 15 is 0 Å². The summed E-state index contributed by atoms with van der Waals surface area (Å²) in [6, 6.07) is 16.2. The van der Waals surface area contributed by atoms with E-state index in [-0.39, 0.29) is 5.91 Å². The summed E-state index contributed by atoms with van der Waals surface area (Å²) in [6.07, 6.45) is 0.304. The van der Waals surface area contributed by atoms with E-state index in [0.717, 1.165) is 5.56 Å². The lowest BCUT2D eigenvalue weighted by atomic mass is 10.1. The van der Waals surface area contributed by atoms with E-state index in [1.807, 2.05) is 30.3 Å². The van der Waals surface area contributed by atoms with Gasteiger partial charge in [-0.15, -0.1) is 0 Å². The molecule has 2 rings (SSSR count). The maximum Gasteiger partial charge on any atom is 0.308 e. The zero-order valence-corrected chi connectivity index (χ0v) is 11.1. The quantitative estimate of drug-likeness (QED) is 0.686. The van der Waals surface area contributed by atoms with Crippen LogP contribution < -0.4 is 10.1 Å². The summed E-state index contributed by atoms with van der Waals surface area (Å²) in [4.78, 5) is 22.8. The summed E-state index contributed by atoms with van der Waals surface area (Å²) in [5.74, 6) is -0.0936. The van der Waals surface area contributed by atoms with Crippen molar-refractivity contribution in [3.8, 4) is 5.75 Å². The Labute approximate surface area is 117 Å². The van der Waals surface area contributed by atoms with Gasteiger partial charge in [0.2, 0.25) is 5.91 Å². The SMILES string of the molecule is CC(=O)Oc1cccc(NC(=O)Cc2ccccc2)c1. The van der Waals surface area contributed by atoms with Crippen molar-refractivity contribution < 1.29 is 14.3 Å². The van der Waals surface area contributed by atoms with Gasteiger partial charge in [0.15, 0.2) is 0 Å². The van der Waals surface area contributed by atoms with Crippen LogP contribution in [0.25, 0.3) is 0 Å². The van der Waals surface area contributed by atoms with Crippen molar-refractivity contribution in [2.75, 3.05) is 5.32 Å². The van der Waals surface area contributed by atoms with Crippen LogP contribution in [0.2, 0.25) is 0 Å². The molecule has 0 spiro atoms. The molecule has 1 amide bonds. The third-order valence-corrected chi connectivity index (χ3v) is 2.59. The Morgan fingerprint density at radius 2 is 1.80 bits per heavy atom. The smallest absolute Gasteiger partial charge is 0.308 e. The molecular weight excluding hydrogens is 254 g/mol. The van der Waals surface area contributed by atoms with Crippen molar-refractivity contribution in [1.29, 1.82) is 0 Å². The molecule has 0 aromatic heterocycles. The third kappa shape index (κ3) is 4.24. The molecule has 0 radical (unpaired) electrons. The largest absolute Gasteiger partial charge is 0.427 e. The molecule has 0 aliphatic heterocycles.